The van der Waals surface area contributed by atoms with Crippen molar-refractivity contribution in [1.29, 1.82) is 5.41 Å². The first-order valence-corrected chi connectivity index (χ1v) is 11.1. The van der Waals surface area contributed by atoms with Crippen LogP contribution >= 0.6 is 0 Å². The second-order valence-corrected chi connectivity index (χ2v) is 8.72. The summed E-state index contributed by atoms with van der Waals surface area (Å²) in [4.78, 5) is 20.5. The van der Waals surface area contributed by atoms with Gasteiger partial charge in [0, 0.05) is 29.2 Å². The number of nitrogens with zero attached hydrogens (tertiary/aromatic N) is 1. The maximum Gasteiger partial charge on any atom is 0.573 e. The van der Waals surface area contributed by atoms with Gasteiger partial charge in [0.25, 0.3) is 0 Å². The third-order valence-corrected chi connectivity index (χ3v) is 6.59. The smallest absolute Gasteiger partial charge is 0.406 e. The maximum absolute atomic E-state index is 12.7. The van der Waals surface area contributed by atoms with E-state index >= 15 is 0 Å². The van der Waals surface area contributed by atoms with Crippen molar-refractivity contribution in [3.05, 3.63) is 56.7 Å². The molecule has 2 heterocycles. The van der Waals surface area contributed by atoms with Crippen LogP contribution in [0.2, 0.25) is 0 Å². The van der Waals surface area contributed by atoms with Crippen molar-refractivity contribution in [2.45, 2.75) is 58.2 Å². The lowest BCUT2D eigenvalue weighted by Crippen LogP contribution is -2.91. The number of alkyl halides is 3. The molecular formula is C23H28F3N4O2+. The predicted octanol–water partition coefficient (Wildman–Crippen LogP) is 3.26. The van der Waals surface area contributed by atoms with Gasteiger partial charge in [-0.25, -0.2) is 0 Å². The minimum absolute atomic E-state index is 0.0251. The topological polar surface area (TPSA) is 94.9 Å². The minimum atomic E-state index is -4.67. The highest BCUT2D eigenvalue weighted by Crippen LogP contribution is 2.30. The fourth-order valence-corrected chi connectivity index (χ4v) is 4.82. The van der Waals surface area contributed by atoms with Crippen LogP contribution in [0.4, 0.5) is 13.2 Å². The van der Waals surface area contributed by atoms with E-state index in [0.717, 1.165) is 55.7 Å². The number of pyridine rings is 1. The Hall–Kier alpha value is -2.68. The Bertz CT molecular complexity index is 1040. The summed E-state index contributed by atoms with van der Waals surface area (Å²) in [5.74, 6) is 1.21. The fraction of sp³-hybridized carbons (Fsp3) is 0.522. The number of aliphatic imine (C=N–C) groups is 1. The number of aromatic nitrogens is 1. The monoisotopic (exact) mass is 449 g/mol. The van der Waals surface area contributed by atoms with Crippen molar-refractivity contribution in [3.63, 3.8) is 0 Å². The molecule has 1 saturated heterocycles. The molecule has 0 saturated carbocycles. The number of fused-ring (bicyclic) bond motifs is 1. The van der Waals surface area contributed by atoms with Crippen LogP contribution in [0.1, 0.15) is 54.6 Å². The Kier molecular flexibility index (Phi) is 6.37. The zero-order valence-electron chi connectivity index (χ0n) is 18.0. The van der Waals surface area contributed by atoms with E-state index in [-0.39, 0.29) is 22.9 Å². The molecule has 0 amide bonds. The van der Waals surface area contributed by atoms with Crippen LogP contribution in [0.5, 0.6) is 0 Å². The molecule has 172 valence electrons. The highest BCUT2D eigenvalue weighted by molar-refractivity contribution is 6.02. The van der Waals surface area contributed by atoms with Gasteiger partial charge in [0.05, 0.1) is 12.2 Å². The van der Waals surface area contributed by atoms with E-state index in [1.54, 1.807) is 13.0 Å². The quantitative estimate of drug-likeness (QED) is 0.488. The summed E-state index contributed by atoms with van der Waals surface area (Å²) < 4.78 is 41.0. The van der Waals surface area contributed by atoms with Crippen LogP contribution in [0, 0.1) is 24.2 Å². The van der Waals surface area contributed by atoms with Crippen LogP contribution in [-0.2, 0) is 17.6 Å². The summed E-state index contributed by atoms with van der Waals surface area (Å²) in [5, 5.41) is 10.5. The zero-order valence-corrected chi connectivity index (χ0v) is 18.0. The van der Waals surface area contributed by atoms with E-state index in [1.165, 1.54) is 12.2 Å². The third-order valence-electron chi connectivity index (χ3n) is 6.59. The summed E-state index contributed by atoms with van der Waals surface area (Å²) in [5.41, 5.74) is 2.85. The Morgan fingerprint density at radius 3 is 2.72 bits per heavy atom. The van der Waals surface area contributed by atoms with Gasteiger partial charge in [0.2, 0.25) is 5.84 Å². The summed E-state index contributed by atoms with van der Waals surface area (Å²) in [7, 11) is 0. The predicted molar refractivity (Wildman–Crippen MR) is 115 cm³/mol. The molecule has 3 aliphatic rings. The molecule has 4 rings (SSSR count). The average molecular weight is 449 g/mol. The Balaban J connectivity index is 1.37. The molecule has 9 heteroatoms. The average Bonchev–Trinajstić information content (AvgIpc) is 2.76. The van der Waals surface area contributed by atoms with Gasteiger partial charge in [-0.05, 0) is 63.5 Å². The number of aryl methyl sites for hydroxylation is 1. The number of aromatic amines is 1. The Morgan fingerprint density at radius 1 is 1.28 bits per heavy atom. The number of amidine groups is 2. The summed E-state index contributed by atoms with van der Waals surface area (Å²) in [6.07, 6.45) is 5.75. The lowest BCUT2D eigenvalue weighted by molar-refractivity contribution is -0.557. The largest absolute Gasteiger partial charge is 0.573 e. The molecule has 2 atom stereocenters. The molecule has 1 aromatic heterocycles. The van der Waals surface area contributed by atoms with Gasteiger partial charge in [0.15, 0.2) is 11.3 Å². The second-order valence-electron chi connectivity index (χ2n) is 8.72. The molecule has 0 bridgehead atoms. The van der Waals surface area contributed by atoms with E-state index in [2.05, 4.69) is 14.7 Å². The van der Waals surface area contributed by atoms with Gasteiger partial charge >= 0.3 is 6.36 Å². The molecule has 6 nitrogen and oxygen atoms in total. The van der Waals surface area contributed by atoms with E-state index in [9.17, 15) is 18.0 Å². The number of piperidine rings is 1. The van der Waals surface area contributed by atoms with Crippen LogP contribution in [0.3, 0.4) is 0 Å². The van der Waals surface area contributed by atoms with Crippen molar-refractivity contribution in [2.24, 2.45) is 16.8 Å². The van der Waals surface area contributed by atoms with Crippen LogP contribution < -0.4 is 10.7 Å². The number of rotatable bonds is 3. The first kappa shape index (κ1) is 22.5. The molecule has 2 unspecified atom stereocenters. The lowest BCUT2D eigenvalue weighted by Gasteiger charge is -2.28. The van der Waals surface area contributed by atoms with Crippen molar-refractivity contribution < 1.29 is 23.2 Å². The van der Waals surface area contributed by atoms with Crippen molar-refractivity contribution in [1.82, 2.24) is 4.98 Å². The molecular weight excluding hydrogens is 421 g/mol. The number of nitrogens with one attached hydrogen (secondary N) is 2. The molecule has 1 aromatic rings. The number of ether oxygens (including phenoxy) is 1. The van der Waals surface area contributed by atoms with Gasteiger partial charge in [-0.1, -0.05) is 6.08 Å². The molecule has 1 fully saturated rings. The first-order chi connectivity index (χ1) is 15.2. The molecule has 32 heavy (non-hydrogen) atoms. The van der Waals surface area contributed by atoms with Gasteiger partial charge < -0.3 is 15.0 Å². The normalized spacial score (nSPS) is 24.8. The lowest BCUT2D eigenvalue weighted by atomic mass is 9.82. The number of nitrogens with two attached hydrogens (primary N) is 1. The number of halogens is 3. The molecule has 0 aromatic carbocycles. The second kappa shape index (κ2) is 9.05. The SMILES string of the molecule is Cc1c(C(=N)N=C2CCC(C3C=CC(OC(F)(F)F)=CC3)C[NH2+]2)[nH]c2c(c1=O)CCCC2. The van der Waals surface area contributed by atoms with Gasteiger partial charge in [-0.15, -0.1) is 13.2 Å². The Labute approximate surface area is 184 Å². The van der Waals surface area contributed by atoms with Crippen molar-refractivity contribution in [2.75, 3.05) is 6.54 Å². The minimum Gasteiger partial charge on any atom is -0.406 e. The standard InChI is InChI=1S/C23H27F3N4O2/c1-13-20(29-18-5-3-2-4-17(18)21(13)31)22(27)30-19-11-8-15(12-28-19)14-6-9-16(10-7-14)32-23(24,25)26/h6,9-10,14-15H,2-5,7-8,11-12H2,1H3,(H,29,31)(H2,27,28,30)/p+1. The van der Waals surface area contributed by atoms with Crippen molar-refractivity contribution in [3.8, 4) is 0 Å². The van der Waals surface area contributed by atoms with Gasteiger partial charge in [-0.2, -0.15) is 4.99 Å². The van der Waals surface area contributed by atoms with E-state index in [0.29, 0.717) is 30.0 Å². The zero-order chi connectivity index (χ0) is 22.9. The van der Waals surface area contributed by atoms with E-state index in [1.807, 2.05) is 5.32 Å². The number of quaternary nitrogens is 1. The molecule has 2 aliphatic carbocycles. The van der Waals surface area contributed by atoms with Crippen LogP contribution in [0.25, 0.3) is 0 Å². The highest BCUT2D eigenvalue weighted by Gasteiger charge is 2.33. The number of allylic oxidation sites excluding steroid dienone is 3. The van der Waals surface area contributed by atoms with Gasteiger partial charge in [0.1, 0.15) is 5.76 Å². The molecule has 0 spiro atoms. The molecule has 1 aliphatic heterocycles. The number of H-pyrrole nitrogens is 1. The molecule has 4 N–H and O–H groups in total. The highest BCUT2D eigenvalue weighted by atomic mass is 19.4. The van der Waals surface area contributed by atoms with Crippen LogP contribution in [0.15, 0.2) is 33.8 Å². The first-order valence-electron chi connectivity index (χ1n) is 11.1. The summed E-state index contributed by atoms with van der Waals surface area (Å²) in [6, 6.07) is 0. The summed E-state index contributed by atoms with van der Waals surface area (Å²) in [6.45, 7) is 2.50. The van der Waals surface area contributed by atoms with Gasteiger partial charge in [-0.3, -0.25) is 10.2 Å². The maximum atomic E-state index is 12.7. The molecule has 0 radical (unpaired) electrons. The van der Waals surface area contributed by atoms with Crippen molar-refractivity contribution >= 4 is 11.7 Å². The third kappa shape index (κ3) is 5.03. The summed E-state index contributed by atoms with van der Waals surface area (Å²) >= 11 is 0. The Morgan fingerprint density at radius 2 is 2.06 bits per heavy atom. The van der Waals surface area contributed by atoms with Crippen LogP contribution in [-0.4, -0.2) is 29.6 Å². The number of hydrogen-bond acceptors (Lipinski definition) is 3. The fourth-order valence-electron chi connectivity index (χ4n) is 4.82. The van der Waals surface area contributed by atoms with E-state index < -0.39 is 6.36 Å². The number of hydrogen-bond donors (Lipinski definition) is 3. The van der Waals surface area contributed by atoms with E-state index in [4.69, 9.17) is 5.41 Å².